The van der Waals surface area contributed by atoms with E-state index in [9.17, 15) is 0 Å². The second-order valence-electron chi connectivity index (χ2n) is 4.78. The SMILES string of the molecule is CNc1ccc(-c2cc(C(C)C)ccc2C)nn1. The van der Waals surface area contributed by atoms with E-state index in [1.54, 1.807) is 0 Å². The number of aryl methyl sites for hydroxylation is 1. The van der Waals surface area contributed by atoms with Crippen LogP contribution in [-0.2, 0) is 0 Å². The lowest BCUT2D eigenvalue weighted by molar-refractivity contribution is 0.866. The van der Waals surface area contributed by atoms with Crippen LogP contribution in [0.5, 0.6) is 0 Å². The number of anilines is 1. The molecule has 2 rings (SSSR count). The third-order valence-electron chi connectivity index (χ3n) is 3.12. The Labute approximate surface area is 108 Å². The van der Waals surface area contributed by atoms with Gasteiger partial charge in [0.15, 0.2) is 0 Å². The number of nitrogens with zero attached hydrogens (tertiary/aromatic N) is 2. The molecule has 0 saturated heterocycles. The molecule has 0 spiro atoms. The number of hydrogen-bond donors (Lipinski definition) is 1. The van der Waals surface area contributed by atoms with Crippen molar-refractivity contribution in [3.63, 3.8) is 0 Å². The fraction of sp³-hybridized carbons (Fsp3) is 0.333. The standard InChI is InChI=1S/C15H19N3/c1-10(2)12-6-5-11(3)13(9-12)14-7-8-15(16-4)18-17-14/h5-10H,1-4H3,(H,16,18). The van der Waals surface area contributed by atoms with Gasteiger partial charge in [-0.2, -0.15) is 0 Å². The first kappa shape index (κ1) is 12.6. The Morgan fingerprint density at radius 2 is 1.83 bits per heavy atom. The molecule has 0 fully saturated rings. The predicted molar refractivity (Wildman–Crippen MR) is 75.8 cm³/mol. The zero-order chi connectivity index (χ0) is 13.1. The Hall–Kier alpha value is -1.90. The van der Waals surface area contributed by atoms with E-state index in [0.29, 0.717) is 5.92 Å². The smallest absolute Gasteiger partial charge is 0.148 e. The molecule has 0 aliphatic carbocycles. The summed E-state index contributed by atoms with van der Waals surface area (Å²) in [6.45, 7) is 6.50. The maximum absolute atomic E-state index is 4.27. The molecule has 94 valence electrons. The van der Waals surface area contributed by atoms with Crippen LogP contribution in [0.25, 0.3) is 11.3 Å². The fourth-order valence-electron chi connectivity index (χ4n) is 1.88. The molecule has 1 aromatic carbocycles. The Morgan fingerprint density at radius 1 is 1.06 bits per heavy atom. The average molecular weight is 241 g/mol. The Kier molecular flexibility index (Phi) is 3.60. The number of rotatable bonds is 3. The molecule has 0 radical (unpaired) electrons. The third kappa shape index (κ3) is 2.50. The average Bonchev–Trinajstić information content (AvgIpc) is 2.39. The first-order valence-electron chi connectivity index (χ1n) is 6.24. The molecule has 1 N–H and O–H groups in total. The molecule has 2 aromatic rings. The van der Waals surface area contributed by atoms with Gasteiger partial charge in [0.25, 0.3) is 0 Å². The maximum Gasteiger partial charge on any atom is 0.148 e. The van der Waals surface area contributed by atoms with Crippen LogP contribution >= 0.6 is 0 Å². The molecule has 0 aliphatic heterocycles. The van der Waals surface area contributed by atoms with Crippen LogP contribution in [-0.4, -0.2) is 17.2 Å². The lowest BCUT2D eigenvalue weighted by atomic mass is 9.96. The van der Waals surface area contributed by atoms with Gasteiger partial charge < -0.3 is 5.32 Å². The Morgan fingerprint density at radius 3 is 2.39 bits per heavy atom. The number of hydrogen-bond acceptors (Lipinski definition) is 3. The van der Waals surface area contributed by atoms with Crippen LogP contribution in [0, 0.1) is 6.92 Å². The molecule has 0 amide bonds. The van der Waals surface area contributed by atoms with E-state index in [2.05, 4.69) is 54.5 Å². The van der Waals surface area contributed by atoms with Gasteiger partial charge >= 0.3 is 0 Å². The van der Waals surface area contributed by atoms with Crippen molar-refractivity contribution in [2.75, 3.05) is 12.4 Å². The van der Waals surface area contributed by atoms with Crippen molar-refractivity contribution in [1.82, 2.24) is 10.2 Å². The van der Waals surface area contributed by atoms with Crippen LogP contribution in [0.2, 0.25) is 0 Å². The molecule has 3 nitrogen and oxygen atoms in total. The minimum Gasteiger partial charge on any atom is -0.372 e. The third-order valence-corrected chi connectivity index (χ3v) is 3.12. The molecule has 0 saturated carbocycles. The van der Waals surface area contributed by atoms with Gasteiger partial charge in [0.2, 0.25) is 0 Å². The first-order chi connectivity index (χ1) is 8.61. The molecule has 0 bridgehead atoms. The number of nitrogens with one attached hydrogen (secondary N) is 1. The lowest BCUT2D eigenvalue weighted by Gasteiger charge is -2.10. The van der Waals surface area contributed by atoms with E-state index in [-0.39, 0.29) is 0 Å². The fourth-order valence-corrected chi connectivity index (χ4v) is 1.88. The van der Waals surface area contributed by atoms with Crippen molar-refractivity contribution in [1.29, 1.82) is 0 Å². The highest BCUT2D eigenvalue weighted by molar-refractivity contribution is 5.64. The molecule has 1 heterocycles. The molecule has 18 heavy (non-hydrogen) atoms. The van der Waals surface area contributed by atoms with Crippen LogP contribution in [0.3, 0.4) is 0 Å². The van der Waals surface area contributed by atoms with E-state index in [4.69, 9.17) is 0 Å². The normalized spacial score (nSPS) is 10.7. The van der Waals surface area contributed by atoms with Gasteiger partial charge in [0, 0.05) is 12.6 Å². The zero-order valence-electron chi connectivity index (χ0n) is 11.4. The second-order valence-corrected chi connectivity index (χ2v) is 4.78. The van der Waals surface area contributed by atoms with Gasteiger partial charge in [-0.1, -0.05) is 26.0 Å². The second kappa shape index (κ2) is 5.17. The van der Waals surface area contributed by atoms with Crippen molar-refractivity contribution in [2.45, 2.75) is 26.7 Å². The van der Waals surface area contributed by atoms with Crippen molar-refractivity contribution in [2.24, 2.45) is 0 Å². The monoisotopic (exact) mass is 241 g/mol. The molecular weight excluding hydrogens is 222 g/mol. The Bertz CT molecular complexity index is 530. The summed E-state index contributed by atoms with van der Waals surface area (Å²) in [7, 11) is 1.84. The van der Waals surface area contributed by atoms with Crippen LogP contribution in [0.15, 0.2) is 30.3 Å². The summed E-state index contributed by atoms with van der Waals surface area (Å²) in [4.78, 5) is 0. The van der Waals surface area contributed by atoms with Gasteiger partial charge in [0.1, 0.15) is 5.82 Å². The van der Waals surface area contributed by atoms with Crippen LogP contribution in [0.1, 0.15) is 30.9 Å². The van der Waals surface area contributed by atoms with E-state index in [0.717, 1.165) is 17.1 Å². The van der Waals surface area contributed by atoms with Crippen molar-refractivity contribution >= 4 is 5.82 Å². The highest BCUT2D eigenvalue weighted by atomic mass is 15.2. The van der Waals surface area contributed by atoms with E-state index in [1.807, 2.05) is 19.2 Å². The van der Waals surface area contributed by atoms with Crippen molar-refractivity contribution in [3.05, 3.63) is 41.5 Å². The number of benzene rings is 1. The summed E-state index contributed by atoms with van der Waals surface area (Å²) in [5, 5.41) is 11.4. The van der Waals surface area contributed by atoms with Gasteiger partial charge in [-0.25, -0.2) is 0 Å². The minimum atomic E-state index is 0.522. The highest BCUT2D eigenvalue weighted by Crippen LogP contribution is 2.26. The summed E-state index contributed by atoms with van der Waals surface area (Å²) in [5.41, 5.74) is 4.64. The maximum atomic E-state index is 4.27. The molecule has 1 aromatic heterocycles. The number of aromatic nitrogens is 2. The largest absolute Gasteiger partial charge is 0.372 e. The van der Waals surface area contributed by atoms with Gasteiger partial charge in [-0.05, 0) is 42.2 Å². The molecule has 0 unspecified atom stereocenters. The summed E-state index contributed by atoms with van der Waals surface area (Å²) >= 11 is 0. The van der Waals surface area contributed by atoms with Gasteiger partial charge in [-0.15, -0.1) is 10.2 Å². The summed E-state index contributed by atoms with van der Waals surface area (Å²) in [6, 6.07) is 10.5. The first-order valence-corrected chi connectivity index (χ1v) is 6.24. The predicted octanol–water partition coefficient (Wildman–Crippen LogP) is 3.62. The van der Waals surface area contributed by atoms with Gasteiger partial charge in [-0.3, -0.25) is 0 Å². The molecule has 0 atom stereocenters. The van der Waals surface area contributed by atoms with Crippen LogP contribution in [0.4, 0.5) is 5.82 Å². The van der Waals surface area contributed by atoms with E-state index < -0.39 is 0 Å². The Balaban J connectivity index is 2.45. The van der Waals surface area contributed by atoms with Crippen LogP contribution < -0.4 is 5.32 Å². The molecular formula is C15H19N3. The minimum absolute atomic E-state index is 0.522. The summed E-state index contributed by atoms with van der Waals surface area (Å²) < 4.78 is 0. The lowest BCUT2D eigenvalue weighted by Crippen LogP contribution is -1.97. The van der Waals surface area contributed by atoms with E-state index in [1.165, 1.54) is 11.1 Å². The van der Waals surface area contributed by atoms with Crippen molar-refractivity contribution < 1.29 is 0 Å². The highest BCUT2D eigenvalue weighted by Gasteiger charge is 2.07. The van der Waals surface area contributed by atoms with Crippen molar-refractivity contribution in [3.8, 4) is 11.3 Å². The topological polar surface area (TPSA) is 37.8 Å². The summed E-state index contributed by atoms with van der Waals surface area (Å²) in [5.74, 6) is 1.31. The van der Waals surface area contributed by atoms with E-state index >= 15 is 0 Å². The molecule has 0 aliphatic rings. The van der Waals surface area contributed by atoms with Gasteiger partial charge in [0.05, 0.1) is 5.69 Å². The zero-order valence-corrected chi connectivity index (χ0v) is 11.4. The molecule has 3 heteroatoms. The summed E-state index contributed by atoms with van der Waals surface area (Å²) in [6.07, 6.45) is 0. The quantitative estimate of drug-likeness (QED) is 0.892.